The first-order valence-corrected chi connectivity index (χ1v) is 8.67. The fraction of sp³-hybridized carbons (Fsp3) is 0. The minimum Gasteiger partial charge on any atom is -0.280 e. The molecule has 3 rings (SSSR count). The molecule has 22 heavy (non-hydrogen) atoms. The van der Waals surface area contributed by atoms with Crippen LogP contribution in [-0.2, 0) is 10.0 Å². The number of halogens is 2. The van der Waals surface area contributed by atoms with Crippen LogP contribution in [0.15, 0.2) is 65.6 Å². The molecule has 0 saturated heterocycles. The zero-order valence-corrected chi connectivity index (χ0v) is 13.6. The van der Waals surface area contributed by atoms with Crippen LogP contribution in [-0.4, -0.2) is 8.42 Å². The first-order valence-electron chi connectivity index (χ1n) is 6.43. The lowest BCUT2D eigenvalue weighted by molar-refractivity contribution is 0.601. The van der Waals surface area contributed by atoms with E-state index in [0.29, 0.717) is 5.69 Å². The van der Waals surface area contributed by atoms with Crippen LogP contribution in [0.25, 0.3) is 10.8 Å². The quantitative estimate of drug-likeness (QED) is 0.725. The molecule has 0 aromatic heterocycles. The van der Waals surface area contributed by atoms with Crippen LogP contribution in [0.5, 0.6) is 0 Å². The number of anilines is 1. The molecule has 0 bridgehead atoms. The summed E-state index contributed by atoms with van der Waals surface area (Å²) in [6, 6.07) is 17.5. The second kappa shape index (κ2) is 5.80. The van der Waals surface area contributed by atoms with Crippen LogP contribution in [0.1, 0.15) is 0 Å². The Kier molecular flexibility index (Phi) is 4.00. The second-order valence-corrected chi connectivity index (χ2v) is 7.16. The maximum absolute atomic E-state index is 12.5. The van der Waals surface area contributed by atoms with Gasteiger partial charge in [0.1, 0.15) is 4.90 Å². The van der Waals surface area contributed by atoms with Gasteiger partial charge < -0.3 is 0 Å². The molecule has 0 aliphatic heterocycles. The number of benzene rings is 3. The topological polar surface area (TPSA) is 46.2 Å². The molecule has 0 aliphatic carbocycles. The molecular weight excluding hydrogens is 341 g/mol. The largest absolute Gasteiger partial charge is 0.280 e. The molecular formula is C16H11Cl2NO2S. The smallest absolute Gasteiger partial charge is 0.263 e. The van der Waals surface area contributed by atoms with Gasteiger partial charge in [0.15, 0.2) is 0 Å². The number of rotatable bonds is 3. The van der Waals surface area contributed by atoms with Gasteiger partial charge >= 0.3 is 0 Å². The van der Waals surface area contributed by atoms with Crippen LogP contribution in [0.3, 0.4) is 0 Å². The van der Waals surface area contributed by atoms with Gasteiger partial charge in [0.2, 0.25) is 0 Å². The number of hydrogen-bond acceptors (Lipinski definition) is 2. The molecule has 0 atom stereocenters. The molecule has 0 unspecified atom stereocenters. The molecule has 3 aromatic rings. The van der Waals surface area contributed by atoms with Crippen molar-refractivity contribution in [1.29, 1.82) is 0 Å². The lowest BCUT2D eigenvalue weighted by Gasteiger charge is -2.11. The fourth-order valence-electron chi connectivity index (χ4n) is 2.15. The predicted octanol–water partition coefficient (Wildman–Crippen LogP) is 4.95. The Bertz CT molecular complexity index is 955. The minimum absolute atomic E-state index is 0.0115. The van der Waals surface area contributed by atoms with Crippen molar-refractivity contribution in [3.63, 3.8) is 0 Å². The second-order valence-electron chi connectivity index (χ2n) is 4.72. The Morgan fingerprint density at radius 2 is 1.55 bits per heavy atom. The Balaban J connectivity index is 2.01. The summed E-state index contributed by atoms with van der Waals surface area (Å²) in [6.07, 6.45) is 0. The summed E-state index contributed by atoms with van der Waals surface area (Å²) in [5.74, 6) is 0. The van der Waals surface area contributed by atoms with E-state index in [1.165, 1.54) is 6.07 Å². The Morgan fingerprint density at radius 3 is 2.32 bits per heavy atom. The molecule has 1 N–H and O–H groups in total. The van der Waals surface area contributed by atoms with Crippen molar-refractivity contribution in [3.8, 4) is 0 Å². The van der Waals surface area contributed by atoms with Crippen molar-refractivity contribution in [2.24, 2.45) is 0 Å². The van der Waals surface area contributed by atoms with Gasteiger partial charge in [-0.3, -0.25) is 4.72 Å². The minimum atomic E-state index is -3.80. The van der Waals surface area contributed by atoms with Gasteiger partial charge in [-0.2, -0.15) is 0 Å². The van der Waals surface area contributed by atoms with Crippen molar-refractivity contribution in [2.45, 2.75) is 4.90 Å². The van der Waals surface area contributed by atoms with Crippen molar-refractivity contribution >= 4 is 49.7 Å². The Morgan fingerprint density at radius 1 is 0.818 bits per heavy atom. The predicted molar refractivity (Wildman–Crippen MR) is 91.2 cm³/mol. The van der Waals surface area contributed by atoms with E-state index < -0.39 is 10.0 Å². The summed E-state index contributed by atoms with van der Waals surface area (Å²) in [5, 5.41) is 2.19. The molecule has 0 heterocycles. The lowest BCUT2D eigenvalue weighted by atomic mass is 10.1. The van der Waals surface area contributed by atoms with E-state index in [0.717, 1.165) is 10.8 Å². The van der Waals surface area contributed by atoms with E-state index in [1.807, 2.05) is 30.3 Å². The SMILES string of the molecule is O=S(=O)(Nc1ccc2ccccc2c1)c1cccc(Cl)c1Cl. The van der Waals surface area contributed by atoms with Gasteiger partial charge in [-0.1, -0.05) is 59.6 Å². The van der Waals surface area contributed by atoms with E-state index in [1.54, 1.807) is 24.3 Å². The third-order valence-electron chi connectivity index (χ3n) is 3.21. The van der Waals surface area contributed by atoms with Crippen molar-refractivity contribution in [1.82, 2.24) is 0 Å². The van der Waals surface area contributed by atoms with E-state index in [2.05, 4.69) is 4.72 Å². The van der Waals surface area contributed by atoms with Crippen LogP contribution in [0, 0.1) is 0 Å². The number of hydrogen-bond donors (Lipinski definition) is 1. The third-order valence-corrected chi connectivity index (χ3v) is 5.56. The Labute approximate surface area is 138 Å². The Hall–Kier alpha value is -1.75. The highest BCUT2D eigenvalue weighted by Crippen LogP contribution is 2.30. The summed E-state index contributed by atoms with van der Waals surface area (Å²) in [6.45, 7) is 0. The molecule has 0 spiro atoms. The molecule has 0 saturated carbocycles. The van der Waals surface area contributed by atoms with E-state index in [4.69, 9.17) is 23.2 Å². The molecule has 3 nitrogen and oxygen atoms in total. The molecule has 0 amide bonds. The van der Waals surface area contributed by atoms with E-state index in [-0.39, 0.29) is 14.9 Å². The number of sulfonamides is 1. The van der Waals surface area contributed by atoms with Gasteiger partial charge in [0.05, 0.1) is 10.0 Å². The number of nitrogens with one attached hydrogen (secondary N) is 1. The monoisotopic (exact) mass is 351 g/mol. The summed E-state index contributed by atoms with van der Waals surface area (Å²) in [4.78, 5) is -0.0465. The summed E-state index contributed by atoms with van der Waals surface area (Å²) in [7, 11) is -3.80. The normalized spacial score (nSPS) is 11.5. The van der Waals surface area contributed by atoms with Gasteiger partial charge in [0, 0.05) is 5.69 Å². The highest BCUT2D eigenvalue weighted by molar-refractivity contribution is 7.92. The summed E-state index contributed by atoms with van der Waals surface area (Å²) in [5.41, 5.74) is 0.467. The van der Waals surface area contributed by atoms with Gasteiger partial charge in [0.25, 0.3) is 10.0 Å². The maximum atomic E-state index is 12.5. The summed E-state index contributed by atoms with van der Waals surface area (Å²) < 4.78 is 27.4. The molecule has 6 heteroatoms. The van der Waals surface area contributed by atoms with Gasteiger partial charge in [-0.05, 0) is 35.0 Å². The maximum Gasteiger partial charge on any atom is 0.263 e. The van der Waals surface area contributed by atoms with E-state index in [9.17, 15) is 8.42 Å². The molecule has 3 aromatic carbocycles. The van der Waals surface area contributed by atoms with Crippen molar-refractivity contribution in [2.75, 3.05) is 4.72 Å². The third kappa shape index (κ3) is 2.90. The highest BCUT2D eigenvalue weighted by atomic mass is 35.5. The first-order chi connectivity index (χ1) is 10.5. The average molecular weight is 352 g/mol. The molecule has 0 aliphatic rings. The zero-order valence-electron chi connectivity index (χ0n) is 11.3. The van der Waals surface area contributed by atoms with Gasteiger partial charge in [-0.25, -0.2) is 8.42 Å². The van der Waals surface area contributed by atoms with Crippen molar-refractivity contribution < 1.29 is 8.42 Å². The standard InChI is InChI=1S/C16H11Cl2NO2S/c17-14-6-3-7-15(16(14)18)22(20,21)19-13-9-8-11-4-1-2-5-12(11)10-13/h1-10,19H. The molecule has 0 fully saturated rings. The van der Waals surface area contributed by atoms with Crippen LogP contribution >= 0.6 is 23.2 Å². The van der Waals surface area contributed by atoms with Crippen LogP contribution in [0.4, 0.5) is 5.69 Å². The average Bonchev–Trinajstić information content (AvgIpc) is 2.49. The number of fused-ring (bicyclic) bond motifs is 1. The molecule has 0 radical (unpaired) electrons. The van der Waals surface area contributed by atoms with E-state index >= 15 is 0 Å². The first kappa shape index (κ1) is 15.2. The molecule has 112 valence electrons. The van der Waals surface area contributed by atoms with Crippen LogP contribution in [0.2, 0.25) is 10.0 Å². The van der Waals surface area contributed by atoms with Crippen LogP contribution < -0.4 is 4.72 Å². The lowest BCUT2D eigenvalue weighted by Crippen LogP contribution is -2.13. The zero-order chi connectivity index (χ0) is 15.7. The summed E-state index contributed by atoms with van der Waals surface area (Å²) >= 11 is 11.9. The highest BCUT2D eigenvalue weighted by Gasteiger charge is 2.19. The van der Waals surface area contributed by atoms with Crippen molar-refractivity contribution in [3.05, 3.63) is 70.7 Å². The fourth-order valence-corrected chi connectivity index (χ4v) is 3.97. The van der Waals surface area contributed by atoms with Gasteiger partial charge in [-0.15, -0.1) is 0 Å².